The van der Waals surface area contributed by atoms with Crippen molar-refractivity contribution in [3.63, 3.8) is 0 Å². The zero-order chi connectivity index (χ0) is 25.9. The average molecular weight is 494 g/mol. The second kappa shape index (κ2) is 12.8. The first-order chi connectivity index (χ1) is 17.5. The number of methoxy groups -OCH3 is 3. The molecule has 0 bridgehead atoms. The van der Waals surface area contributed by atoms with Gasteiger partial charge in [-0.1, -0.05) is 36.4 Å². The number of ether oxygens (including phenoxy) is 6. The molecule has 0 saturated carbocycles. The predicted octanol–water partition coefficient (Wildman–Crippen LogP) is 3.95. The number of carbonyl (C=O) groups excluding carboxylic acids is 3. The minimum Gasteiger partial charge on any atom is -0.493 e. The van der Waals surface area contributed by atoms with E-state index in [0.717, 1.165) is 0 Å². The van der Waals surface area contributed by atoms with E-state index in [-0.39, 0.29) is 30.3 Å². The molecule has 3 rings (SSSR count). The smallest absolute Gasteiger partial charge is 0.338 e. The lowest BCUT2D eigenvalue weighted by molar-refractivity contribution is -0.0253. The molecule has 0 saturated heterocycles. The lowest BCUT2D eigenvalue weighted by Crippen LogP contribution is -2.31. The van der Waals surface area contributed by atoms with Gasteiger partial charge in [0, 0.05) is 0 Å². The van der Waals surface area contributed by atoms with Crippen LogP contribution in [0.5, 0.6) is 17.2 Å². The summed E-state index contributed by atoms with van der Waals surface area (Å²) in [6.45, 7) is -0.690. The molecule has 0 aromatic heterocycles. The van der Waals surface area contributed by atoms with Crippen LogP contribution in [0.1, 0.15) is 31.1 Å². The van der Waals surface area contributed by atoms with Crippen LogP contribution in [0.4, 0.5) is 0 Å². The largest absolute Gasteiger partial charge is 0.493 e. The standard InChI is InChI=1S/C27H26O9/c1-31-22-14-20(15-23(32-2)24(22)33-3)26(29)35-17-21(36-27(30)19-12-8-5-9-13-19)16-34-25(28)18-10-6-4-7-11-18/h4-15,21H,16-17H2,1-3H3. The quantitative estimate of drug-likeness (QED) is 0.289. The zero-order valence-electron chi connectivity index (χ0n) is 20.1. The highest BCUT2D eigenvalue weighted by molar-refractivity contribution is 5.92. The third-order valence-electron chi connectivity index (χ3n) is 4.99. The van der Waals surface area contributed by atoms with E-state index in [1.807, 2.05) is 0 Å². The third kappa shape index (κ3) is 6.75. The number of esters is 3. The van der Waals surface area contributed by atoms with Gasteiger partial charge in [-0.25, -0.2) is 14.4 Å². The maximum Gasteiger partial charge on any atom is 0.338 e. The zero-order valence-corrected chi connectivity index (χ0v) is 20.1. The van der Waals surface area contributed by atoms with Crippen molar-refractivity contribution in [3.8, 4) is 17.2 Å². The molecule has 3 aromatic rings. The van der Waals surface area contributed by atoms with Crippen LogP contribution in [0.15, 0.2) is 72.8 Å². The number of carbonyl (C=O) groups is 3. The Bertz CT molecular complexity index is 1150. The molecule has 0 aliphatic carbocycles. The number of rotatable bonds is 11. The van der Waals surface area contributed by atoms with E-state index in [1.165, 1.54) is 33.5 Å². The SMILES string of the molecule is COc1cc(C(=O)OCC(COC(=O)c2ccccc2)OC(=O)c2ccccc2)cc(OC)c1OC. The Morgan fingerprint density at radius 1 is 0.611 bits per heavy atom. The van der Waals surface area contributed by atoms with Crippen LogP contribution in [-0.4, -0.2) is 58.6 Å². The molecule has 0 N–H and O–H groups in total. The van der Waals surface area contributed by atoms with Crippen LogP contribution < -0.4 is 14.2 Å². The van der Waals surface area contributed by atoms with Crippen LogP contribution in [0, 0.1) is 0 Å². The highest BCUT2D eigenvalue weighted by atomic mass is 16.6. The molecular formula is C27H26O9. The fraction of sp³-hybridized carbons (Fsp3) is 0.222. The molecule has 0 amide bonds. The van der Waals surface area contributed by atoms with Gasteiger partial charge in [-0.05, 0) is 36.4 Å². The van der Waals surface area contributed by atoms with E-state index in [0.29, 0.717) is 16.9 Å². The Kier molecular flexibility index (Phi) is 9.27. The van der Waals surface area contributed by atoms with E-state index in [9.17, 15) is 14.4 Å². The summed E-state index contributed by atoms with van der Waals surface area (Å²) in [5.41, 5.74) is 0.756. The second-order valence-corrected chi connectivity index (χ2v) is 7.37. The van der Waals surface area contributed by atoms with Gasteiger partial charge in [0.1, 0.15) is 13.2 Å². The molecule has 188 valence electrons. The van der Waals surface area contributed by atoms with Crippen LogP contribution in [-0.2, 0) is 14.2 Å². The fourth-order valence-electron chi connectivity index (χ4n) is 3.19. The van der Waals surface area contributed by atoms with Gasteiger partial charge in [-0.2, -0.15) is 0 Å². The molecule has 1 atom stereocenters. The third-order valence-corrected chi connectivity index (χ3v) is 4.99. The molecule has 3 aromatic carbocycles. The van der Waals surface area contributed by atoms with Gasteiger partial charge in [-0.15, -0.1) is 0 Å². The first kappa shape index (κ1) is 26.1. The van der Waals surface area contributed by atoms with Gasteiger partial charge in [0.15, 0.2) is 17.6 Å². The summed E-state index contributed by atoms with van der Waals surface area (Å²) in [5, 5.41) is 0. The number of benzene rings is 3. The van der Waals surface area contributed by atoms with Crippen LogP contribution in [0.3, 0.4) is 0 Å². The lowest BCUT2D eigenvalue weighted by Gasteiger charge is -2.19. The highest BCUT2D eigenvalue weighted by Crippen LogP contribution is 2.38. The summed E-state index contributed by atoms with van der Waals surface area (Å²) < 4.78 is 31.9. The maximum atomic E-state index is 12.8. The van der Waals surface area contributed by atoms with E-state index < -0.39 is 24.0 Å². The van der Waals surface area contributed by atoms with Gasteiger partial charge < -0.3 is 28.4 Å². The van der Waals surface area contributed by atoms with Crippen molar-refractivity contribution in [3.05, 3.63) is 89.5 Å². The van der Waals surface area contributed by atoms with Gasteiger partial charge in [0.25, 0.3) is 0 Å². The molecule has 0 fully saturated rings. The molecule has 9 nitrogen and oxygen atoms in total. The molecule has 0 heterocycles. The monoisotopic (exact) mass is 494 g/mol. The summed E-state index contributed by atoms with van der Waals surface area (Å²) in [6.07, 6.45) is -1.06. The van der Waals surface area contributed by atoms with E-state index in [4.69, 9.17) is 28.4 Å². The van der Waals surface area contributed by atoms with Crippen molar-refractivity contribution < 1.29 is 42.8 Å². The molecule has 9 heteroatoms. The first-order valence-corrected chi connectivity index (χ1v) is 10.9. The lowest BCUT2D eigenvalue weighted by atomic mass is 10.2. The van der Waals surface area contributed by atoms with Crippen molar-refractivity contribution >= 4 is 17.9 Å². The van der Waals surface area contributed by atoms with E-state index in [2.05, 4.69) is 0 Å². The molecule has 0 spiro atoms. The molecule has 0 aliphatic heterocycles. The second-order valence-electron chi connectivity index (χ2n) is 7.37. The van der Waals surface area contributed by atoms with E-state index in [1.54, 1.807) is 60.7 Å². The number of hydrogen-bond donors (Lipinski definition) is 0. The molecule has 36 heavy (non-hydrogen) atoms. The Morgan fingerprint density at radius 3 is 1.50 bits per heavy atom. The Morgan fingerprint density at radius 2 is 1.06 bits per heavy atom. The Hall–Kier alpha value is -4.53. The first-order valence-electron chi connectivity index (χ1n) is 10.9. The van der Waals surface area contributed by atoms with Gasteiger partial charge >= 0.3 is 17.9 Å². The van der Waals surface area contributed by atoms with Gasteiger partial charge in [0.2, 0.25) is 5.75 Å². The van der Waals surface area contributed by atoms with E-state index >= 15 is 0 Å². The predicted molar refractivity (Wildman–Crippen MR) is 129 cm³/mol. The minimum atomic E-state index is -1.06. The summed E-state index contributed by atoms with van der Waals surface area (Å²) in [4.78, 5) is 37.7. The highest BCUT2D eigenvalue weighted by Gasteiger charge is 2.23. The van der Waals surface area contributed by atoms with Crippen molar-refractivity contribution in [2.75, 3.05) is 34.5 Å². The minimum absolute atomic E-state index is 0.124. The Balaban J connectivity index is 1.72. The molecule has 0 aliphatic rings. The van der Waals surface area contributed by atoms with Crippen molar-refractivity contribution in [1.29, 1.82) is 0 Å². The van der Waals surface area contributed by atoms with Crippen molar-refractivity contribution in [2.45, 2.75) is 6.10 Å². The average Bonchev–Trinajstić information content (AvgIpc) is 2.93. The summed E-state index contributed by atoms with van der Waals surface area (Å²) in [7, 11) is 4.29. The van der Waals surface area contributed by atoms with Crippen LogP contribution >= 0.6 is 0 Å². The summed E-state index contributed by atoms with van der Waals surface area (Å²) >= 11 is 0. The summed E-state index contributed by atoms with van der Waals surface area (Å²) in [6, 6.07) is 19.5. The fourth-order valence-corrected chi connectivity index (χ4v) is 3.19. The molecular weight excluding hydrogens is 468 g/mol. The van der Waals surface area contributed by atoms with Gasteiger partial charge in [0.05, 0.1) is 38.0 Å². The van der Waals surface area contributed by atoms with Crippen LogP contribution in [0.25, 0.3) is 0 Å². The maximum absolute atomic E-state index is 12.8. The molecule has 1 unspecified atom stereocenters. The normalized spacial score (nSPS) is 11.1. The van der Waals surface area contributed by atoms with Gasteiger partial charge in [-0.3, -0.25) is 0 Å². The number of hydrogen-bond acceptors (Lipinski definition) is 9. The molecule has 0 radical (unpaired) electrons. The summed E-state index contributed by atoms with van der Waals surface area (Å²) in [5.74, 6) is -1.13. The Labute approximate surface area is 208 Å². The van der Waals surface area contributed by atoms with Crippen molar-refractivity contribution in [2.24, 2.45) is 0 Å². The van der Waals surface area contributed by atoms with Crippen LogP contribution in [0.2, 0.25) is 0 Å². The topological polar surface area (TPSA) is 107 Å². The van der Waals surface area contributed by atoms with Crippen molar-refractivity contribution in [1.82, 2.24) is 0 Å².